The highest BCUT2D eigenvalue weighted by Crippen LogP contribution is 2.65. The Morgan fingerprint density at radius 3 is 2.72 bits per heavy atom. The highest BCUT2D eigenvalue weighted by molar-refractivity contribution is 8.31. The number of ether oxygens (including phenoxy) is 2. The fraction of sp³-hybridized carbons (Fsp3) is 0.526. The van der Waals surface area contributed by atoms with Crippen LogP contribution in [-0.2, 0) is 36.8 Å². The zero-order valence-corrected chi connectivity index (χ0v) is 17.7. The molecule has 3 fully saturated rings. The average molecular weight is 434 g/mol. The van der Waals surface area contributed by atoms with Crippen LogP contribution in [0.4, 0.5) is 0 Å². The molecule has 0 saturated carbocycles. The number of likely N-dealkylation sites (N-methyl/N-ethyl adjacent to an activating group) is 1. The maximum atomic E-state index is 13.6. The number of fused-ring (bicyclic) bond motifs is 2. The Hall–Kier alpha value is -2.22. The number of benzene rings is 1. The molecule has 1 aromatic rings. The monoisotopic (exact) mass is 433 g/mol. The van der Waals surface area contributed by atoms with Gasteiger partial charge in [0.2, 0.25) is 6.79 Å². The number of carbonyl (C=O) groups excluding carboxylic acids is 2. The van der Waals surface area contributed by atoms with E-state index in [1.54, 1.807) is 37.9 Å². The second-order valence-corrected chi connectivity index (χ2v) is 11.2. The number of rotatable bonds is 2. The molecule has 1 N–H and O–H groups in total. The van der Waals surface area contributed by atoms with Crippen molar-refractivity contribution in [3.8, 4) is 17.6 Å². The van der Waals surface area contributed by atoms with Gasteiger partial charge < -0.3 is 24.4 Å². The molecule has 5 rings (SSSR count). The van der Waals surface area contributed by atoms with Gasteiger partial charge in [0.25, 0.3) is 11.8 Å². The van der Waals surface area contributed by atoms with E-state index in [1.165, 1.54) is 4.90 Å². The number of nitriles is 1. The van der Waals surface area contributed by atoms with Crippen molar-refractivity contribution >= 4 is 32.5 Å². The number of carbonyl (C=O) groups is 2. The predicted molar refractivity (Wildman–Crippen MR) is 105 cm³/mol. The fourth-order valence-electron chi connectivity index (χ4n) is 5.27. The normalized spacial score (nSPS) is 39.3. The number of aliphatic hydroxyl groups is 1. The summed E-state index contributed by atoms with van der Waals surface area (Å²) in [6, 6.07) is 5.07. The van der Waals surface area contributed by atoms with Gasteiger partial charge in [-0.3, -0.25) is 9.59 Å². The molecule has 4 heterocycles. The Labute approximate surface area is 174 Å². The molecule has 10 heteroatoms. The van der Waals surface area contributed by atoms with Crippen molar-refractivity contribution in [1.29, 1.82) is 5.26 Å². The largest absolute Gasteiger partial charge is 0.454 e. The third-order valence-corrected chi connectivity index (χ3v) is 10.9. The molecule has 152 valence electrons. The molecular weight excluding hydrogens is 414 g/mol. The molecule has 2 bridgehead atoms. The second-order valence-electron chi connectivity index (χ2n) is 8.21. The second kappa shape index (κ2) is 5.47. The predicted octanol–water partition coefficient (Wildman–Crippen LogP) is 0.689. The van der Waals surface area contributed by atoms with Crippen molar-refractivity contribution in [1.82, 2.24) is 9.80 Å². The molecule has 0 aliphatic carbocycles. The Morgan fingerprint density at radius 1 is 1.34 bits per heavy atom. The molecule has 1 spiro atoms. The summed E-state index contributed by atoms with van der Waals surface area (Å²) in [5.41, 5.74) is -0.00147. The van der Waals surface area contributed by atoms with Crippen molar-refractivity contribution < 1.29 is 24.2 Å². The van der Waals surface area contributed by atoms with Crippen molar-refractivity contribution in [2.75, 3.05) is 13.8 Å². The van der Waals surface area contributed by atoms with Crippen LogP contribution in [0.15, 0.2) is 12.1 Å². The molecule has 1 aromatic carbocycles. The highest BCUT2D eigenvalue weighted by atomic mass is 32.8. The topological polar surface area (TPSA) is 103 Å². The number of nitrogens with zero attached hydrogens (tertiary/aromatic N) is 3. The molecule has 0 aromatic heterocycles. The summed E-state index contributed by atoms with van der Waals surface area (Å²) in [5, 5.41) is 20.2. The van der Waals surface area contributed by atoms with Crippen LogP contribution in [0.2, 0.25) is 0 Å². The van der Waals surface area contributed by atoms with E-state index in [1.807, 2.05) is 0 Å². The molecule has 3 saturated heterocycles. The number of aliphatic hydroxyl groups excluding tert-OH is 1. The summed E-state index contributed by atoms with van der Waals surface area (Å²) in [7, 11) is 0.589. The zero-order valence-electron chi connectivity index (χ0n) is 16.1. The third-order valence-electron chi connectivity index (χ3n) is 6.81. The van der Waals surface area contributed by atoms with Crippen LogP contribution in [0, 0.1) is 16.7 Å². The maximum Gasteiger partial charge on any atom is 0.261 e. The first-order valence-corrected chi connectivity index (χ1v) is 11.3. The zero-order chi connectivity index (χ0) is 20.9. The lowest BCUT2D eigenvalue weighted by atomic mass is 9.78. The van der Waals surface area contributed by atoms with Crippen LogP contribution in [0.5, 0.6) is 11.5 Å². The van der Waals surface area contributed by atoms with Gasteiger partial charge in [0.15, 0.2) is 21.2 Å². The Kier molecular flexibility index (Phi) is 3.55. The molecule has 0 radical (unpaired) electrons. The quantitative estimate of drug-likeness (QED) is 0.732. The van der Waals surface area contributed by atoms with Gasteiger partial charge in [-0.15, -0.1) is 0 Å². The molecule has 4 aliphatic heterocycles. The Bertz CT molecular complexity index is 1070. The maximum absolute atomic E-state index is 13.6. The van der Waals surface area contributed by atoms with Crippen molar-refractivity contribution in [2.45, 2.75) is 42.7 Å². The van der Waals surface area contributed by atoms with Crippen molar-refractivity contribution in [3.05, 3.63) is 23.3 Å². The Morgan fingerprint density at radius 2 is 2.07 bits per heavy atom. The first-order valence-electron chi connectivity index (χ1n) is 9.16. The van der Waals surface area contributed by atoms with Crippen LogP contribution in [-0.4, -0.2) is 50.3 Å². The number of hydrogen-bond donors (Lipinski definition) is 1. The van der Waals surface area contributed by atoms with E-state index < -0.39 is 30.7 Å². The van der Waals surface area contributed by atoms with Crippen LogP contribution in [0.1, 0.15) is 37.4 Å². The first kappa shape index (κ1) is 18.8. The molecule has 5 atom stereocenters. The molecule has 4 aliphatic rings. The summed E-state index contributed by atoms with van der Waals surface area (Å²) < 4.78 is 10.9. The van der Waals surface area contributed by atoms with Crippen LogP contribution in [0.3, 0.4) is 0 Å². The van der Waals surface area contributed by atoms with Crippen molar-refractivity contribution in [3.63, 3.8) is 0 Å². The van der Waals surface area contributed by atoms with Gasteiger partial charge in [-0.05, 0) is 36.7 Å². The highest BCUT2D eigenvalue weighted by Gasteiger charge is 2.80. The molecule has 2 amide bonds. The third kappa shape index (κ3) is 1.81. The van der Waals surface area contributed by atoms with Gasteiger partial charge in [-0.25, -0.2) is 0 Å². The first-order chi connectivity index (χ1) is 13.7. The summed E-state index contributed by atoms with van der Waals surface area (Å²) in [6.45, 7) is 3.15. The smallest absolute Gasteiger partial charge is 0.261 e. The lowest BCUT2D eigenvalue weighted by Crippen LogP contribution is -2.60. The average Bonchev–Trinajstić information content (AvgIpc) is 3.37. The Balaban J connectivity index is 1.78. The van der Waals surface area contributed by atoms with Gasteiger partial charge in [0.05, 0.1) is 24.1 Å². The van der Waals surface area contributed by atoms with E-state index >= 15 is 0 Å². The molecule has 8 nitrogen and oxygen atoms in total. The van der Waals surface area contributed by atoms with E-state index in [4.69, 9.17) is 20.7 Å². The molecule has 29 heavy (non-hydrogen) atoms. The van der Waals surface area contributed by atoms with Gasteiger partial charge in [0.1, 0.15) is 0 Å². The molecule has 2 unspecified atom stereocenters. The van der Waals surface area contributed by atoms with E-state index in [-0.39, 0.29) is 31.6 Å². The lowest BCUT2D eigenvalue weighted by molar-refractivity contribution is -0.159. The minimum atomic E-state index is -1.21. The van der Waals surface area contributed by atoms with E-state index in [0.29, 0.717) is 22.6 Å². The van der Waals surface area contributed by atoms with Crippen LogP contribution >= 0.6 is 0 Å². The molecular formula is C19H19N3O5S2. The standard InChI is InChI=1S/C19H19N3O5S2/c1-17(8-20)7-19-16(25)21(3)18(2,29(19)28)15(24)22(19)14(17)10-4-5-12-13(11(10)6-23)27-9-26-12/h4-5,14,23H,6-7,9H2,1-3H3/t14?,17-,18+,19+,29?/m1/s1. The van der Waals surface area contributed by atoms with Gasteiger partial charge in [-0.2, -0.15) is 5.26 Å². The fourth-order valence-corrected chi connectivity index (χ4v) is 8.79. The summed E-state index contributed by atoms with van der Waals surface area (Å²) in [4.78, 5) is 27.6. The van der Waals surface area contributed by atoms with E-state index in [0.717, 1.165) is 0 Å². The van der Waals surface area contributed by atoms with E-state index in [2.05, 4.69) is 6.07 Å². The van der Waals surface area contributed by atoms with E-state index in [9.17, 15) is 20.0 Å². The SMILES string of the molecule is CN1C(=O)[C@@]23C[C@](C)(C#N)C(c4ccc5c(c4CO)OCO5)N2C(=O)[C@]1(C)S3=S. The minimum absolute atomic E-state index is 0.0372. The van der Waals surface area contributed by atoms with Crippen LogP contribution < -0.4 is 9.47 Å². The van der Waals surface area contributed by atoms with Gasteiger partial charge >= 0.3 is 0 Å². The summed E-state index contributed by atoms with van der Waals surface area (Å²) in [5.74, 6) is 0.455. The number of piperazine rings is 1. The van der Waals surface area contributed by atoms with Crippen LogP contribution in [0.25, 0.3) is 0 Å². The van der Waals surface area contributed by atoms with Gasteiger partial charge in [0, 0.05) is 19.0 Å². The summed E-state index contributed by atoms with van der Waals surface area (Å²) in [6.07, 6.45) is 0.164. The van der Waals surface area contributed by atoms with Crippen molar-refractivity contribution in [2.24, 2.45) is 5.41 Å². The number of amides is 2. The minimum Gasteiger partial charge on any atom is -0.454 e. The van der Waals surface area contributed by atoms with Gasteiger partial charge in [-0.1, -0.05) is 15.5 Å². The lowest BCUT2D eigenvalue weighted by Gasteiger charge is -2.40. The summed E-state index contributed by atoms with van der Waals surface area (Å²) >= 11 is 5.78. The number of hydrogen-bond acceptors (Lipinski definition) is 7.